The topological polar surface area (TPSA) is 379 Å². The number of halogens is 2. The number of Topliss-reactive ketones (excluding diaryl/α,β-unsaturated/α-hetero) is 2. The van der Waals surface area contributed by atoms with Gasteiger partial charge >= 0.3 is 59.5 Å². The molecule has 1 atom stereocenters. The van der Waals surface area contributed by atoms with E-state index in [9.17, 15) is 66.3 Å². The number of allylic oxidation sites excluding steroid dienone is 2. The molecule has 0 saturated carbocycles. The number of methoxy groups -OCH3 is 4. The largest absolute Gasteiger partial charge is 0.519 e. The van der Waals surface area contributed by atoms with Crippen LogP contribution >= 0.6 is 0 Å². The van der Waals surface area contributed by atoms with E-state index < -0.39 is 47.0 Å². The van der Waals surface area contributed by atoms with E-state index in [1.165, 1.54) is 7.11 Å². The summed E-state index contributed by atoms with van der Waals surface area (Å²) in [5, 5.41) is 0. The third kappa shape index (κ3) is 90.6. The summed E-state index contributed by atoms with van der Waals surface area (Å²) in [5.41, 5.74) is -4.14. The Labute approximate surface area is 776 Å². The number of hydrogen-bond acceptors (Lipinski definition) is 30. The Morgan fingerprint density at radius 1 is 0.364 bits per heavy atom. The summed E-state index contributed by atoms with van der Waals surface area (Å²) in [6, 6.07) is 0. The lowest BCUT2D eigenvalue weighted by Gasteiger charge is -2.21. The van der Waals surface area contributed by atoms with Crippen molar-refractivity contribution in [3.63, 3.8) is 0 Å². The van der Waals surface area contributed by atoms with E-state index in [-0.39, 0.29) is 128 Å². The number of ketones is 2. The monoisotopic (exact) mass is 1870 g/mol. The molecule has 0 bridgehead atoms. The summed E-state index contributed by atoms with van der Waals surface area (Å²) < 4.78 is 110. The second-order valence-electron chi connectivity index (χ2n) is 41.4. The highest BCUT2D eigenvalue weighted by Gasteiger charge is 2.31. The fourth-order valence-corrected chi connectivity index (χ4v) is 6.76. The van der Waals surface area contributed by atoms with Crippen molar-refractivity contribution in [3.8, 4) is 0 Å². The number of rotatable bonds is 26. The van der Waals surface area contributed by atoms with Crippen LogP contribution in [0.15, 0.2) is 37.7 Å². The highest BCUT2D eigenvalue weighted by Crippen LogP contribution is 2.33. The van der Waals surface area contributed by atoms with Crippen molar-refractivity contribution in [2.75, 3.05) is 128 Å². The fourth-order valence-electron chi connectivity index (χ4n) is 6.76. The predicted molar refractivity (Wildman–Crippen MR) is 498 cm³/mol. The van der Waals surface area contributed by atoms with Crippen molar-refractivity contribution < 1.29 is 146 Å². The quantitative estimate of drug-likeness (QED) is 0.0472. The lowest BCUT2D eigenvalue weighted by atomic mass is 9.84. The number of alkyl halides is 2. The van der Waals surface area contributed by atoms with E-state index in [1.54, 1.807) is 90.6 Å². The SMILES string of the molecule is C=C1OC(C)=C(CC(C)(C)C)O1.CC(C)(C)C(=O)OCCF.CC(C)(C)C(=O)OCF.CCCOC(=O)C(C)(C)C.CCOC(=O)C(C)(C)C.CCOC(=O)C(C)(C)C.CCOC(=O)C(C)(C)C.COC(=O)C(C)(C)C.COCCOC(=O)C(C)(C)C.COCCOCC(C)C(=O)C(C)(C)C.COCCOCCC(=O)C(C)(C)C.Cc1oc(=O)oc1COC(=O)C(C)(C)C. The third-order valence-corrected chi connectivity index (χ3v) is 14.5. The van der Waals surface area contributed by atoms with Crippen LogP contribution in [-0.4, -0.2) is 193 Å². The van der Waals surface area contributed by atoms with Crippen LogP contribution in [0.2, 0.25) is 0 Å². The van der Waals surface area contributed by atoms with Crippen molar-refractivity contribution in [3.05, 3.63) is 46.2 Å². The van der Waals surface area contributed by atoms with Crippen LogP contribution in [-0.2, 0) is 135 Å². The highest BCUT2D eigenvalue weighted by atomic mass is 19.1. The molecule has 1 aliphatic heterocycles. The smallest absolute Gasteiger partial charge is 0.469 e. The summed E-state index contributed by atoms with van der Waals surface area (Å²) >= 11 is 0. The molecule has 129 heavy (non-hydrogen) atoms. The van der Waals surface area contributed by atoms with Gasteiger partial charge in [0.2, 0.25) is 6.86 Å². The summed E-state index contributed by atoms with van der Waals surface area (Å²) in [4.78, 5) is 132. The maximum atomic E-state index is 11.7. The molecule has 0 N–H and O–H groups in total. The van der Waals surface area contributed by atoms with Crippen LogP contribution in [0.3, 0.4) is 0 Å². The summed E-state index contributed by atoms with van der Waals surface area (Å²) in [5.74, 6) is 0.303. The van der Waals surface area contributed by atoms with E-state index in [0.29, 0.717) is 97.4 Å². The van der Waals surface area contributed by atoms with Gasteiger partial charge in [0.05, 0.1) is 129 Å². The van der Waals surface area contributed by atoms with Gasteiger partial charge in [0.15, 0.2) is 18.1 Å². The van der Waals surface area contributed by atoms with Gasteiger partial charge in [0.1, 0.15) is 43.0 Å². The van der Waals surface area contributed by atoms with Gasteiger partial charge in [-0.3, -0.25) is 52.7 Å². The van der Waals surface area contributed by atoms with Gasteiger partial charge in [-0.15, -0.1) is 0 Å². The average Bonchev–Trinajstić information content (AvgIpc) is 1.70. The van der Waals surface area contributed by atoms with Gasteiger partial charge in [0.25, 0.3) is 5.95 Å². The van der Waals surface area contributed by atoms with E-state index in [2.05, 4.69) is 50.4 Å². The molecule has 0 fully saturated rings. The second kappa shape index (κ2) is 71.0. The first-order valence-electron chi connectivity index (χ1n) is 43.5. The first kappa shape index (κ1) is 142. The molecule has 0 aliphatic carbocycles. The molecular weight excluding hydrogens is 1680 g/mol. The number of carbonyl (C=O) groups excluding carboxylic acids is 11. The minimum Gasteiger partial charge on any atom is -0.469 e. The fraction of sp³-hybridized carbons (Fsp3) is 0.814. The van der Waals surface area contributed by atoms with Crippen LogP contribution in [0.25, 0.3) is 0 Å². The molecule has 764 valence electrons. The average molecular weight is 1870 g/mol. The zero-order chi connectivity index (χ0) is 105. The Morgan fingerprint density at radius 2 is 0.682 bits per heavy atom. The molecule has 1 aromatic heterocycles. The number of carbonyl (C=O) groups is 11. The maximum absolute atomic E-state index is 11.7. The summed E-state index contributed by atoms with van der Waals surface area (Å²) in [7, 11) is 6.23. The first-order valence-corrected chi connectivity index (χ1v) is 43.5. The molecule has 2 heterocycles. The van der Waals surface area contributed by atoms with Gasteiger partial charge in [-0.1, -0.05) is 76.2 Å². The number of aryl methyl sites for hydroxylation is 1. The molecule has 1 aliphatic rings. The molecule has 0 saturated heterocycles. The van der Waals surface area contributed by atoms with Crippen LogP contribution in [0, 0.1) is 77.8 Å². The zero-order valence-electron chi connectivity index (χ0n) is 89.2. The number of esters is 9. The van der Waals surface area contributed by atoms with Crippen molar-refractivity contribution in [2.45, 2.75) is 324 Å². The molecule has 0 radical (unpaired) electrons. The molecule has 2 rings (SSSR count). The molecular formula is C97H182F2O30. The number of ether oxygens (including phenoxy) is 16. The standard InChI is InChI=1S/C11H22O3.C10H14O5.C10H20O3.C10H16O2.C8H16O3.C8H16O2.C7H13FO2.3C7H14O2.C6H11FO2.C6H12O2/c1-9(8-14-7-6-13-5)10(12)11(2,3)4;1-6-7(15-9(12)14-6)5-13-8(11)10(2,3)4;1-10(2,3)9(11)5-6-13-8-7-12-4;1-7-9(6-10(3,4)5)12-8(2)11-7;1-8(2,3)7(9)11-6-5-10-4;1-5-6-10-7(9)8(2,3)4;1-7(2,3)6(9)10-5-4-8;3*1-5-9-6(8)7(2,3)4;1-6(2,3)5(8)9-4-7;1-6(2,3)5(7)8-4/h9H,6-8H2,1-5H3;5H2,1-4H3;5-8H2,1-4H3;2,6H2,1,3-5H3;5-6H2,1-4H3;5-6H2,1-4H3;4-5H2,1-3H3;3*5H2,1-4H3;4H2,1-3H3;1-4H3. The maximum Gasteiger partial charge on any atom is 0.519 e. The van der Waals surface area contributed by atoms with Gasteiger partial charge in [-0.2, -0.15) is 0 Å². The van der Waals surface area contributed by atoms with E-state index in [0.717, 1.165) is 24.4 Å². The Morgan fingerprint density at radius 3 is 0.922 bits per heavy atom. The third-order valence-electron chi connectivity index (χ3n) is 14.5. The molecule has 32 heteroatoms. The second-order valence-corrected chi connectivity index (χ2v) is 41.4. The van der Waals surface area contributed by atoms with E-state index in [4.69, 9.17) is 61.6 Å². The van der Waals surface area contributed by atoms with Crippen LogP contribution in [0.5, 0.6) is 0 Å². The lowest BCUT2D eigenvalue weighted by Crippen LogP contribution is -2.29. The molecule has 0 amide bonds. The Bertz CT molecular complexity index is 3190. The van der Waals surface area contributed by atoms with Gasteiger partial charge in [-0.05, 0) is 240 Å². The highest BCUT2D eigenvalue weighted by molar-refractivity contribution is 5.86. The minimum atomic E-state index is -1.03. The normalized spacial score (nSPS) is 12.2. The molecule has 1 unspecified atom stereocenters. The van der Waals surface area contributed by atoms with Gasteiger partial charge in [-0.25, -0.2) is 13.6 Å². The first-order chi connectivity index (χ1) is 57.9. The van der Waals surface area contributed by atoms with Gasteiger partial charge < -0.3 is 84.6 Å². The van der Waals surface area contributed by atoms with Crippen molar-refractivity contribution in [2.24, 2.45) is 70.9 Å². The summed E-state index contributed by atoms with van der Waals surface area (Å²) in [6.07, 6.45) is 2.27. The number of hydrogen-bond donors (Lipinski definition) is 0. The molecule has 0 spiro atoms. The molecule has 0 aromatic carbocycles. The van der Waals surface area contributed by atoms with Crippen molar-refractivity contribution >= 4 is 65.3 Å². The van der Waals surface area contributed by atoms with E-state index in [1.807, 2.05) is 208 Å². The minimum absolute atomic E-state index is 0.0353. The Kier molecular flexibility index (Phi) is 78.0. The van der Waals surface area contributed by atoms with Crippen LogP contribution < -0.4 is 5.82 Å². The summed E-state index contributed by atoms with van der Waals surface area (Å²) in [6.45, 7) is 87.1. The zero-order valence-corrected chi connectivity index (χ0v) is 89.2. The van der Waals surface area contributed by atoms with Crippen molar-refractivity contribution in [1.29, 1.82) is 0 Å². The van der Waals surface area contributed by atoms with Crippen LogP contribution in [0.4, 0.5) is 8.78 Å². The Hall–Kier alpha value is -7.68. The van der Waals surface area contributed by atoms with Crippen molar-refractivity contribution in [1.82, 2.24) is 0 Å². The molecule has 30 nitrogen and oxygen atoms in total. The van der Waals surface area contributed by atoms with E-state index >= 15 is 0 Å². The predicted octanol–water partition coefficient (Wildman–Crippen LogP) is 20.6. The molecule has 1 aromatic rings. The Balaban J connectivity index is -0.000000150. The van der Waals surface area contributed by atoms with Gasteiger partial charge in [0, 0.05) is 50.9 Å². The lowest BCUT2D eigenvalue weighted by molar-refractivity contribution is -0.157. The van der Waals surface area contributed by atoms with Crippen LogP contribution in [0.1, 0.15) is 322 Å².